The molecule has 0 spiro atoms. The van der Waals surface area contributed by atoms with E-state index in [9.17, 15) is 14.4 Å². The molecule has 2 fully saturated rings. The van der Waals surface area contributed by atoms with Gasteiger partial charge in [-0.15, -0.1) is 5.92 Å². The molecular formula is C18H22O3. The minimum absolute atomic E-state index is 0.00850. The van der Waals surface area contributed by atoms with Crippen molar-refractivity contribution >= 4 is 17.3 Å². The predicted octanol–water partition coefficient (Wildman–Crippen LogP) is 2.71. The van der Waals surface area contributed by atoms with Crippen LogP contribution in [0.15, 0.2) is 0 Å². The van der Waals surface area contributed by atoms with E-state index in [2.05, 4.69) is 18.8 Å². The first-order valence-electron chi connectivity index (χ1n) is 8.06. The van der Waals surface area contributed by atoms with Gasteiger partial charge in [0.05, 0.1) is 6.42 Å². The van der Waals surface area contributed by atoms with Crippen molar-refractivity contribution in [3.63, 3.8) is 0 Å². The number of carbonyl (C=O) groups excluding carboxylic acids is 3. The summed E-state index contributed by atoms with van der Waals surface area (Å²) in [6.07, 6.45) is 4.80. The van der Waals surface area contributed by atoms with Crippen LogP contribution in [0.2, 0.25) is 0 Å². The van der Waals surface area contributed by atoms with Gasteiger partial charge in [0.15, 0.2) is 0 Å². The topological polar surface area (TPSA) is 51.2 Å². The summed E-state index contributed by atoms with van der Waals surface area (Å²) in [5.74, 6) is 7.27. The standard InChI is InChI=1S/C18H22O3/c1-18-11-10-14-13(15(18)7-9-17(18)21)5-3-2-4-12(19)6-8-16(14)20/h13-15H,4-11H2,1H3/t13-,14+,15+,18+/m1/s1. The normalized spacial score (nSPS) is 40.0. The predicted molar refractivity (Wildman–Crippen MR) is 78.3 cm³/mol. The summed E-state index contributed by atoms with van der Waals surface area (Å²) in [5, 5.41) is 0. The maximum absolute atomic E-state index is 12.5. The van der Waals surface area contributed by atoms with E-state index < -0.39 is 0 Å². The Kier molecular flexibility index (Phi) is 3.73. The van der Waals surface area contributed by atoms with Gasteiger partial charge in [0.1, 0.15) is 17.3 Å². The Bertz CT molecular complexity index is 551. The molecule has 0 saturated heterocycles. The molecule has 0 aliphatic heterocycles. The lowest BCUT2D eigenvalue weighted by atomic mass is 9.58. The second-order valence-electron chi connectivity index (χ2n) is 7.03. The van der Waals surface area contributed by atoms with Gasteiger partial charge in [0.25, 0.3) is 0 Å². The summed E-state index contributed by atoms with van der Waals surface area (Å²) in [6, 6.07) is 0. The average molecular weight is 286 g/mol. The Labute approximate surface area is 125 Å². The van der Waals surface area contributed by atoms with Gasteiger partial charge < -0.3 is 0 Å². The van der Waals surface area contributed by atoms with E-state index in [0.717, 1.165) is 19.3 Å². The molecule has 0 bridgehead atoms. The molecule has 3 aliphatic rings. The van der Waals surface area contributed by atoms with Crippen molar-refractivity contribution < 1.29 is 14.4 Å². The van der Waals surface area contributed by atoms with Crippen molar-refractivity contribution in [2.75, 3.05) is 0 Å². The van der Waals surface area contributed by atoms with Crippen LogP contribution in [0.5, 0.6) is 0 Å². The molecule has 3 rings (SSSR count). The van der Waals surface area contributed by atoms with Gasteiger partial charge in [-0.05, 0) is 31.1 Å². The van der Waals surface area contributed by atoms with Gasteiger partial charge in [0, 0.05) is 37.0 Å². The third-order valence-electron chi connectivity index (χ3n) is 5.96. The summed E-state index contributed by atoms with van der Waals surface area (Å²) >= 11 is 0. The van der Waals surface area contributed by atoms with Crippen molar-refractivity contribution in [3.05, 3.63) is 0 Å². The molecule has 3 aliphatic carbocycles. The van der Waals surface area contributed by atoms with Crippen molar-refractivity contribution in [2.45, 2.75) is 58.3 Å². The summed E-state index contributed by atoms with van der Waals surface area (Å²) in [5.41, 5.74) is -0.233. The maximum Gasteiger partial charge on any atom is 0.145 e. The molecule has 4 atom stereocenters. The average Bonchev–Trinajstić information content (AvgIpc) is 2.76. The Morgan fingerprint density at radius 2 is 1.86 bits per heavy atom. The SMILES string of the molecule is C[C@]12CC[C@@H]3C(=O)CCC(=O)CC#CC[C@H]3[C@@H]1CCC2=O. The maximum atomic E-state index is 12.5. The van der Waals surface area contributed by atoms with Gasteiger partial charge in [-0.3, -0.25) is 14.4 Å². The van der Waals surface area contributed by atoms with E-state index in [1.54, 1.807) is 0 Å². The number of carbonyl (C=O) groups is 3. The smallest absolute Gasteiger partial charge is 0.145 e. The summed E-state index contributed by atoms with van der Waals surface area (Å²) in [7, 11) is 0. The largest absolute Gasteiger partial charge is 0.299 e. The Morgan fingerprint density at radius 1 is 1.05 bits per heavy atom. The van der Waals surface area contributed by atoms with Crippen molar-refractivity contribution in [1.29, 1.82) is 0 Å². The van der Waals surface area contributed by atoms with Crippen LogP contribution in [-0.4, -0.2) is 17.3 Å². The minimum atomic E-state index is -0.233. The Balaban J connectivity index is 1.90. The highest BCUT2D eigenvalue weighted by atomic mass is 16.1. The van der Waals surface area contributed by atoms with Crippen LogP contribution in [0.25, 0.3) is 0 Å². The van der Waals surface area contributed by atoms with Crippen LogP contribution in [0, 0.1) is 35.0 Å². The van der Waals surface area contributed by atoms with E-state index in [-0.39, 0.29) is 35.2 Å². The second-order valence-corrected chi connectivity index (χ2v) is 7.03. The highest BCUT2D eigenvalue weighted by Crippen LogP contribution is 2.55. The third kappa shape index (κ3) is 2.46. The number of hydrogen-bond donors (Lipinski definition) is 0. The lowest BCUT2D eigenvalue weighted by Crippen LogP contribution is -2.44. The number of rotatable bonds is 0. The van der Waals surface area contributed by atoms with E-state index >= 15 is 0 Å². The summed E-state index contributed by atoms with van der Waals surface area (Å²) in [6.45, 7) is 2.09. The van der Waals surface area contributed by atoms with Gasteiger partial charge in [-0.25, -0.2) is 0 Å². The van der Waals surface area contributed by atoms with Gasteiger partial charge >= 0.3 is 0 Å². The fourth-order valence-corrected chi connectivity index (χ4v) is 4.63. The molecule has 0 unspecified atom stereocenters. The molecule has 0 N–H and O–H groups in total. The van der Waals surface area contributed by atoms with E-state index in [0.29, 0.717) is 37.4 Å². The number of Topliss-reactive ketones (excluding diaryl/α,β-unsaturated/α-hetero) is 3. The number of hydrogen-bond acceptors (Lipinski definition) is 3. The molecule has 0 heterocycles. The molecule has 0 aromatic heterocycles. The van der Waals surface area contributed by atoms with Crippen molar-refractivity contribution in [1.82, 2.24) is 0 Å². The fraction of sp³-hybridized carbons (Fsp3) is 0.722. The van der Waals surface area contributed by atoms with Gasteiger partial charge in [0.2, 0.25) is 0 Å². The molecule has 3 heteroatoms. The first-order valence-corrected chi connectivity index (χ1v) is 8.06. The zero-order valence-electron chi connectivity index (χ0n) is 12.6. The molecule has 21 heavy (non-hydrogen) atoms. The van der Waals surface area contributed by atoms with Crippen LogP contribution >= 0.6 is 0 Å². The highest BCUT2D eigenvalue weighted by Gasteiger charge is 2.54. The van der Waals surface area contributed by atoms with Crippen LogP contribution in [0.3, 0.4) is 0 Å². The summed E-state index contributed by atoms with van der Waals surface area (Å²) < 4.78 is 0. The van der Waals surface area contributed by atoms with Crippen LogP contribution in [-0.2, 0) is 14.4 Å². The highest BCUT2D eigenvalue weighted by molar-refractivity contribution is 5.90. The zero-order chi connectivity index (χ0) is 15.0. The minimum Gasteiger partial charge on any atom is -0.299 e. The Hall–Kier alpha value is -1.43. The van der Waals surface area contributed by atoms with Crippen molar-refractivity contribution in [2.24, 2.45) is 23.2 Å². The van der Waals surface area contributed by atoms with E-state index in [4.69, 9.17) is 0 Å². The van der Waals surface area contributed by atoms with Gasteiger partial charge in [-0.1, -0.05) is 12.8 Å². The first kappa shape index (κ1) is 14.5. The Morgan fingerprint density at radius 3 is 2.67 bits per heavy atom. The molecule has 112 valence electrons. The van der Waals surface area contributed by atoms with E-state index in [1.165, 1.54) is 0 Å². The molecule has 0 radical (unpaired) electrons. The second kappa shape index (κ2) is 5.40. The molecule has 2 saturated carbocycles. The number of fused-ring (bicyclic) bond motifs is 3. The third-order valence-corrected chi connectivity index (χ3v) is 5.96. The summed E-state index contributed by atoms with van der Waals surface area (Å²) in [4.78, 5) is 36.3. The fourth-order valence-electron chi connectivity index (χ4n) is 4.63. The molecule has 0 amide bonds. The lowest BCUT2D eigenvalue weighted by Gasteiger charge is -2.44. The zero-order valence-corrected chi connectivity index (χ0v) is 12.6. The number of ketones is 3. The van der Waals surface area contributed by atoms with E-state index in [1.807, 2.05) is 0 Å². The van der Waals surface area contributed by atoms with Crippen molar-refractivity contribution in [3.8, 4) is 11.8 Å². The molecule has 0 aromatic rings. The molecular weight excluding hydrogens is 264 g/mol. The first-order chi connectivity index (χ1) is 10.0. The van der Waals surface area contributed by atoms with Crippen LogP contribution < -0.4 is 0 Å². The van der Waals surface area contributed by atoms with Crippen LogP contribution in [0.1, 0.15) is 58.3 Å². The van der Waals surface area contributed by atoms with Gasteiger partial charge in [-0.2, -0.15) is 0 Å². The molecule has 3 nitrogen and oxygen atoms in total. The van der Waals surface area contributed by atoms with Crippen LogP contribution in [0.4, 0.5) is 0 Å². The lowest BCUT2D eigenvalue weighted by molar-refractivity contribution is -0.136. The molecule has 0 aromatic carbocycles. The monoisotopic (exact) mass is 286 g/mol. The quantitative estimate of drug-likeness (QED) is 0.643.